The van der Waals surface area contributed by atoms with Crippen molar-refractivity contribution in [1.82, 2.24) is 0 Å². The zero-order chi connectivity index (χ0) is 12.5. The van der Waals surface area contributed by atoms with E-state index in [2.05, 4.69) is 15.9 Å². The summed E-state index contributed by atoms with van der Waals surface area (Å²) in [6.45, 7) is 0.401. The number of aliphatic hydroxyl groups is 1. The third kappa shape index (κ3) is 2.19. The number of ether oxygens (including phenoxy) is 3. The summed E-state index contributed by atoms with van der Waals surface area (Å²) in [6, 6.07) is 9.67. The van der Waals surface area contributed by atoms with Gasteiger partial charge in [0.05, 0.1) is 17.4 Å². The fourth-order valence-corrected chi connectivity index (χ4v) is 2.47. The highest BCUT2D eigenvalue weighted by atomic mass is 79.9. The highest BCUT2D eigenvalue weighted by Crippen LogP contribution is 2.34. The first-order valence-corrected chi connectivity index (χ1v) is 6.56. The maximum atomic E-state index is 10.1. The van der Waals surface area contributed by atoms with E-state index in [-0.39, 0.29) is 6.10 Å². The molecule has 2 aliphatic rings. The minimum absolute atomic E-state index is 0.263. The number of aliphatic hydroxyl groups excluding tert-OH is 1. The van der Waals surface area contributed by atoms with Gasteiger partial charge in [0.25, 0.3) is 0 Å². The Balaban J connectivity index is 1.78. The molecule has 1 N–H and O–H groups in total. The number of hydrogen-bond acceptors (Lipinski definition) is 4. The molecule has 0 aromatic heterocycles. The summed E-state index contributed by atoms with van der Waals surface area (Å²) in [5.74, 6) is 0. The third-order valence-electron chi connectivity index (χ3n) is 3.08. The van der Waals surface area contributed by atoms with Crippen molar-refractivity contribution in [3.63, 3.8) is 0 Å². The first-order chi connectivity index (χ1) is 8.75. The molecule has 96 valence electrons. The van der Waals surface area contributed by atoms with Crippen molar-refractivity contribution in [2.45, 2.75) is 24.6 Å². The summed E-state index contributed by atoms with van der Waals surface area (Å²) < 4.78 is 17.4. The lowest BCUT2D eigenvalue weighted by molar-refractivity contribution is -0.276. The van der Waals surface area contributed by atoms with Crippen molar-refractivity contribution in [3.05, 3.63) is 46.6 Å². The Morgan fingerprint density at radius 1 is 1.22 bits per heavy atom. The lowest BCUT2D eigenvalue weighted by Gasteiger charge is -2.40. The Labute approximate surface area is 113 Å². The molecular weight excluding hydrogens is 300 g/mol. The number of halogens is 1. The number of hydrogen-bond donors (Lipinski definition) is 1. The van der Waals surface area contributed by atoms with Crippen LogP contribution >= 0.6 is 15.9 Å². The number of rotatable bonds is 1. The molecule has 3 rings (SSSR count). The van der Waals surface area contributed by atoms with Crippen molar-refractivity contribution < 1.29 is 19.3 Å². The topological polar surface area (TPSA) is 47.9 Å². The first kappa shape index (κ1) is 12.2. The quantitative estimate of drug-likeness (QED) is 0.862. The van der Waals surface area contributed by atoms with Crippen LogP contribution in [-0.2, 0) is 14.2 Å². The molecule has 0 radical (unpaired) electrons. The summed E-state index contributed by atoms with van der Waals surface area (Å²) in [5.41, 5.74) is 0.939. The molecule has 1 saturated heterocycles. The van der Waals surface area contributed by atoms with Gasteiger partial charge in [0.15, 0.2) is 12.4 Å². The minimum Gasteiger partial charge on any atom is -0.492 e. The highest BCUT2D eigenvalue weighted by molar-refractivity contribution is 9.11. The fourth-order valence-electron chi connectivity index (χ4n) is 2.11. The summed E-state index contributed by atoms with van der Waals surface area (Å²) in [5, 5.41) is 10.1. The van der Waals surface area contributed by atoms with Crippen LogP contribution in [0.1, 0.15) is 11.9 Å². The molecule has 5 heteroatoms. The van der Waals surface area contributed by atoms with E-state index in [1.165, 1.54) is 6.26 Å². The normalized spacial score (nSPS) is 35.3. The molecule has 1 aromatic carbocycles. The fraction of sp³-hybridized carbons (Fsp3) is 0.385. The van der Waals surface area contributed by atoms with Crippen LogP contribution in [0.5, 0.6) is 0 Å². The van der Waals surface area contributed by atoms with Crippen LogP contribution in [0.15, 0.2) is 41.1 Å². The second-order valence-electron chi connectivity index (χ2n) is 4.30. The van der Waals surface area contributed by atoms with E-state index in [9.17, 15) is 5.11 Å². The van der Waals surface area contributed by atoms with Crippen LogP contribution in [-0.4, -0.2) is 30.0 Å². The van der Waals surface area contributed by atoms with Gasteiger partial charge in [0.2, 0.25) is 0 Å². The van der Waals surface area contributed by atoms with Gasteiger partial charge in [0, 0.05) is 5.56 Å². The first-order valence-electron chi connectivity index (χ1n) is 5.77. The van der Waals surface area contributed by atoms with E-state index < -0.39 is 18.5 Å². The van der Waals surface area contributed by atoms with Gasteiger partial charge in [0.1, 0.15) is 12.2 Å². The van der Waals surface area contributed by atoms with E-state index >= 15 is 0 Å². The third-order valence-corrected chi connectivity index (χ3v) is 3.74. The van der Waals surface area contributed by atoms with E-state index in [0.29, 0.717) is 11.1 Å². The molecule has 0 amide bonds. The van der Waals surface area contributed by atoms with Crippen molar-refractivity contribution in [3.8, 4) is 0 Å². The molecule has 1 fully saturated rings. The zero-order valence-electron chi connectivity index (χ0n) is 9.53. The predicted molar refractivity (Wildman–Crippen MR) is 67.9 cm³/mol. The molecule has 0 spiro atoms. The lowest BCUT2D eigenvalue weighted by atomic mass is 10.0. The molecule has 2 heterocycles. The van der Waals surface area contributed by atoms with Crippen molar-refractivity contribution in [2.24, 2.45) is 0 Å². The van der Waals surface area contributed by atoms with Crippen LogP contribution in [0.3, 0.4) is 0 Å². The summed E-state index contributed by atoms with van der Waals surface area (Å²) in [4.78, 5) is 0. The predicted octanol–water partition coefficient (Wildman–Crippen LogP) is 2.10. The monoisotopic (exact) mass is 312 g/mol. The Morgan fingerprint density at radius 3 is 2.78 bits per heavy atom. The van der Waals surface area contributed by atoms with Crippen LogP contribution < -0.4 is 0 Å². The van der Waals surface area contributed by atoms with Crippen molar-refractivity contribution in [1.29, 1.82) is 0 Å². The van der Waals surface area contributed by atoms with E-state index in [1.54, 1.807) is 0 Å². The van der Waals surface area contributed by atoms with Gasteiger partial charge >= 0.3 is 0 Å². The SMILES string of the molecule is O[C@@H]1C(Br)=CO[C@@H]2COC(c3ccccc3)O[C@H]12. The van der Waals surface area contributed by atoms with Gasteiger partial charge in [-0.3, -0.25) is 0 Å². The second-order valence-corrected chi connectivity index (χ2v) is 5.21. The Morgan fingerprint density at radius 2 is 2.00 bits per heavy atom. The zero-order valence-corrected chi connectivity index (χ0v) is 11.1. The van der Waals surface area contributed by atoms with Gasteiger partial charge in [-0.25, -0.2) is 0 Å². The molecule has 4 nitrogen and oxygen atoms in total. The molecule has 4 atom stereocenters. The lowest BCUT2D eigenvalue weighted by Crippen LogP contribution is -2.50. The van der Waals surface area contributed by atoms with E-state index in [0.717, 1.165) is 5.56 Å². The van der Waals surface area contributed by atoms with Crippen molar-refractivity contribution >= 4 is 15.9 Å². The smallest absolute Gasteiger partial charge is 0.184 e. The second kappa shape index (κ2) is 5.01. The summed E-state index contributed by atoms with van der Waals surface area (Å²) in [6.07, 6.45) is -0.339. The largest absolute Gasteiger partial charge is 0.492 e. The molecule has 2 aliphatic heterocycles. The van der Waals surface area contributed by atoms with Crippen LogP contribution in [0.4, 0.5) is 0 Å². The summed E-state index contributed by atoms with van der Waals surface area (Å²) >= 11 is 3.26. The van der Waals surface area contributed by atoms with Gasteiger partial charge in [-0.2, -0.15) is 0 Å². The molecule has 1 aromatic rings. The Bertz CT molecular complexity index is 448. The van der Waals surface area contributed by atoms with E-state index in [1.807, 2.05) is 30.3 Å². The van der Waals surface area contributed by atoms with Gasteiger partial charge < -0.3 is 19.3 Å². The molecule has 18 heavy (non-hydrogen) atoms. The van der Waals surface area contributed by atoms with Crippen LogP contribution in [0, 0.1) is 0 Å². The Hall–Kier alpha value is -0.880. The van der Waals surface area contributed by atoms with Crippen LogP contribution in [0.25, 0.3) is 0 Å². The van der Waals surface area contributed by atoms with E-state index in [4.69, 9.17) is 14.2 Å². The van der Waals surface area contributed by atoms with Gasteiger partial charge in [-0.1, -0.05) is 30.3 Å². The van der Waals surface area contributed by atoms with Gasteiger partial charge in [-0.15, -0.1) is 0 Å². The minimum atomic E-state index is -0.709. The van der Waals surface area contributed by atoms with Crippen LogP contribution in [0.2, 0.25) is 0 Å². The number of benzene rings is 1. The van der Waals surface area contributed by atoms with Crippen molar-refractivity contribution in [2.75, 3.05) is 6.61 Å². The molecule has 0 saturated carbocycles. The molecule has 1 unspecified atom stereocenters. The average Bonchev–Trinajstić information content (AvgIpc) is 2.44. The average molecular weight is 313 g/mol. The highest BCUT2D eigenvalue weighted by Gasteiger charge is 2.41. The number of fused-ring (bicyclic) bond motifs is 1. The summed E-state index contributed by atoms with van der Waals surface area (Å²) in [7, 11) is 0. The maximum Gasteiger partial charge on any atom is 0.184 e. The standard InChI is InChI=1S/C13H13BrO4/c14-9-6-16-10-7-17-13(18-12(10)11(9)15)8-4-2-1-3-5-8/h1-6,10-13,15H,7H2/t10-,11-,12+,13?/m1/s1. The maximum absolute atomic E-state index is 10.1. The molecular formula is C13H13BrO4. The molecule has 0 aliphatic carbocycles. The van der Waals surface area contributed by atoms with Gasteiger partial charge in [-0.05, 0) is 15.9 Å². The Kier molecular flexibility index (Phi) is 3.39. The molecule has 0 bridgehead atoms.